The fourth-order valence-corrected chi connectivity index (χ4v) is 1.81. The Labute approximate surface area is 111 Å². The van der Waals surface area contributed by atoms with Gasteiger partial charge in [0.15, 0.2) is 0 Å². The Hall–Kier alpha value is -2.62. The fourth-order valence-electron chi connectivity index (χ4n) is 1.81. The average Bonchev–Trinajstić information content (AvgIpc) is 2.96. The summed E-state index contributed by atoms with van der Waals surface area (Å²) in [4.78, 5) is 1.64. The van der Waals surface area contributed by atoms with Crippen LogP contribution in [0.1, 0.15) is 5.69 Å². The molecule has 0 spiro atoms. The van der Waals surface area contributed by atoms with Crippen LogP contribution in [0.4, 0.5) is 5.69 Å². The van der Waals surface area contributed by atoms with E-state index in [1.807, 2.05) is 60.7 Å². The molecule has 0 saturated carbocycles. The van der Waals surface area contributed by atoms with E-state index in [-0.39, 0.29) is 0 Å². The SMILES string of the molecule is c1ccc(NCc2cnn(-c3ccccc3)n2)cc1. The first-order valence-corrected chi connectivity index (χ1v) is 6.17. The van der Waals surface area contributed by atoms with Crippen LogP contribution in [-0.4, -0.2) is 15.0 Å². The van der Waals surface area contributed by atoms with Gasteiger partial charge in [-0.15, -0.1) is 0 Å². The van der Waals surface area contributed by atoms with Gasteiger partial charge in [-0.25, -0.2) is 0 Å². The van der Waals surface area contributed by atoms with Gasteiger partial charge in [-0.2, -0.15) is 15.0 Å². The molecule has 1 heterocycles. The summed E-state index contributed by atoms with van der Waals surface area (Å²) in [6.45, 7) is 0.664. The van der Waals surface area contributed by atoms with Crippen molar-refractivity contribution in [3.8, 4) is 5.69 Å². The van der Waals surface area contributed by atoms with Gasteiger partial charge in [0.05, 0.1) is 18.4 Å². The Morgan fingerprint density at radius 3 is 2.32 bits per heavy atom. The smallest absolute Gasteiger partial charge is 0.102 e. The van der Waals surface area contributed by atoms with Gasteiger partial charge in [0.25, 0.3) is 0 Å². The summed E-state index contributed by atoms with van der Waals surface area (Å²) in [5, 5.41) is 12.0. The van der Waals surface area contributed by atoms with Crippen molar-refractivity contribution >= 4 is 5.69 Å². The average molecular weight is 250 g/mol. The zero-order chi connectivity index (χ0) is 12.9. The van der Waals surface area contributed by atoms with Crippen molar-refractivity contribution < 1.29 is 0 Å². The Morgan fingerprint density at radius 2 is 1.58 bits per heavy atom. The van der Waals surface area contributed by atoms with Crippen LogP contribution in [0.5, 0.6) is 0 Å². The third-order valence-corrected chi connectivity index (χ3v) is 2.77. The standard InChI is InChI=1S/C15H14N4/c1-3-7-13(8-4-1)16-11-14-12-17-19(18-14)15-9-5-2-6-10-15/h1-10,12,16H,11H2. The molecule has 0 atom stereocenters. The maximum atomic E-state index is 4.44. The number of para-hydroxylation sites is 2. The van der Waals surface area contributed by atoms with Gasteiger partial charge in [0, 0.05) is 5.69 Å². The van der Waals surface area contributed by atoms with Crippen molar-refractivity contribution in [3.63, 3.8) is 0 Å². The normalized spacial score (nSPS) is 10.3. The highest BCUT2D eigenvalue weighted by molar-refractivity contribution is 5.42. The fraction of sp³-hybridized carbons (Fsp3) is 0.0667. The van der Waals surface area contributed by atoms with Crippen LogP contribution in [-0.2, 0) is 6.54 Å². The molecule has 0 aliphatic heterocycles. The maximum absolute atomic E-state index is 4.44. The van der Waals surface area contributed by atoms with Crippen molar-refractivity contribution in [1.29, 1.82) is 0 Å². The molecule has 2 aromatic carbocycles. The van der Waals surface area contributed by atoms with Crippen LogP contribution in [0.25, 0.3) is 5.69 Å². The van der Waals surface area contributed by atoms with E-state index in [1.165, 1.54) is 0 Å². The molecule has 0 unspecified atom stereocenters. The lowest BCUT2D eigenvalue weighted by atomic mass is 10.3. The molecular weight excluding hydrogens is 236 g/mol. The van der Waals surface area contributed by atoms with Gasteiger partial charge in [-0.1, -0.05) is 36.4 Å². The Balaban J connectivity index is 1.69. The maximum Gasteiger partial charge on any atom is 0.102 e. The number of benzene rings is 2. The van der Waals surface area contributed by atoms with E-state index in [0.717, 1.165) is 17.1 Å². The summed E-state index contributed by atoms with van der Waals surface area (Å²) in [5.74, 6) is 0. The quantitative estimate of drug-likeness (QED) is 0.774. The number of anilines is 1. The summed E-state index contributed by atoms with van der Waals surface area (Å²) in [6, 6.07) is 19.9. The van der Waals surface area contributed by atoms with E-state index in [1.54, 1.807) is 11.0 Å². The first-order chi connectivity index (χ1) is 9.42. The number of aromatic nitrogens is 3. The van der Waals surface area contributed by atoms with E-state index in [2.05, 4.69) is 15.5 Å². The van der Waals surface area contributed by atoms with Crippen LogP contribution in [0, 0.1) is 0 Å². The molecule has 1 aromatic heterocycles. The molecule has 0 fully saturated rings. The largest absolute Gasteiger partial charge is 0.379 e. The predicted molar refractivity (Wildman–Crippen MR) is 75.1 cm³/mol. The molecule has 0 saturated heterocycles. The van der Waals surface area contributed by atoms with Gasteiger partial charge in [-0.05, 0) is 24.3 Å². The minimum absolute atomic E-state index is 0.664. The minimum Gasteiger partial charge on any atom is -0.379 e. The number of hydrogen-bond donors (Lipinski definition) is 1. The lowest BCUT2D eigenvalue weighted by molar-refractivity contribution is 0.740. The Bertz CT molecular complexity index is 632. The van der Waals surface area contributed by atoms with Crippen molar-refractivity contribution in [3.05, 3.63) is 72.6 Å². The molecule has 4 nitrogen and oxygen atoms in total. The van der Waals surface area contributed by atoms with Crippen LogP contribution >= 0.6 is 0 Å². The summed E-state index contributed by atoms with van der Waals surface area (Å²) in [5.41, 5.74) is 2.96. The number of nitrogens with one attached hydrogen (secondary N) is 1. The topological polar surface area (TPSA) is 42.7 Å². The molecule has 3 aromatic rings. The summed E-state index contributed by atoms with van der Waals surface area (Å²) in [6.07, 6.45) is 1.78. The first-order valence-electron chi connectivity index (χ1n) is 6.17. The van der Waals surface area contributed by atoms with E-state index in [4.69, 9.17) is 0 Å². The van der Waals surface area contributed by atoms with Crippen LogP contribution in [0.15, 0.2) is 66.9 Å². The van der Waals surface area contributed by atoms with Crippen LogP contribution in [0.2, 0.25) is 0 Å². The third kappa shape index (κ3) is 2.80. The van der Waals surface area contributed by atoms with Gasteiger partial charge in [0.1, 0.15) is 5.69 Å². The predicted octanol–water partition coefficient (Wildman–Crippen LogP) is 2.88. The molecule has 3 rings (SSSR count). The van der Waals surface area contributed by atoms with Gasteiger partial charge in [-0.3, -0.25) is 0 Å². The first kappa shape index (κ1) is 11.5. The van der Waals surface area contributed by atoms with Crippen molar-refractivity contribution in [2.45, 2.75) is 6.54 Å². The Morgan fingerprint density at radius 1 is 0.895 bits per heavy atom. The van der Waals surface area contributed by atoms with Gasteiger partial charge < -0.3 is 5.32 Å². The molecule has 0 amide bonds. The minimum atomic E-state index is 0.664. The van der Waals surface area contributed by atoms with Gasteiger partial charge in [0.2, 0.25) is 0 Å². The van der Waals surface area contributed by atoms with Gasteiger partial charge >= 0.3 is 0 Å². The monoisotopic (exact) mass is 250 g/mol. The molecule has 1 N–H and O–H groups in total. The van der Waals surface area contributed by atoms with Crippen molar-refractivity contribution in [2.75, 3.05) is 5.32 Å². The zero-order valence-corrected chi connectivity index (χ0v) is 10.4. The second-order valence-electron chi connectivity index (χ2n) is 4.18. The van der Waals surface area contributed by atoms with Crippen LogP contribution in [0.3, 0.4) is 0 Å². The summed E-state index contributed by atoms with van der Waals surface area (Å²) < 4.78 is 0. The second kappa shape index (κ2) is 5.35. The number of rotatable bonds is 4. The highest BCUT2D eigenvalue weighted by Crippen LogP contribution is 2.08. The van der Waals surface area contributed by atoms with E-state index < -0.39 is 0 Å². The molecule has 4 heteroatoms. The molecule has 94 valence electrons. The van der Waals surface area contributed by atoms with Crippen molar-refractivity contribution in [1.82, 2.24) is 15.0 Å². The lowest BCUT2D eigenvalue weighted by Crippen LogP contribution is -2.02. The van der Waals surface area contributed by atoms with E-state index in [9.17, 15) is 0 Å². The summed E-state index contributed by atoms with van der Waals surface area (Å²) in [7, 11) is 0. The Kier molecular flexibility index (Phi) is 3.23. The zero-order valence-electron chi connectivity index (χ0n) is 10.4. The van der Waals surface area contributed by atoms with E-state index in [0.29, 0.717) is 6.54 Å². The molecular formula is C15H14N4. The summed E-state index contributed by atoms with van der Waals surface area (Å²) >= 11 is 0. The highest BCUT2D eigenvalue weighted by atomic mass is 15.5. The third-order valence-electron chi connectivity index (χ3n) is 2.77. The molecule has 0 aliphatic carbocycles. The van der Waals surface area contributed by atoms with E-state index >= 15 is 0 Å². The number of hydrogen-bond acceptors (Lipinski definition) is 3. The molecule has 0 radical (unpaired) electrons. The molecule has 0 bridgehead atoms. The second-order valence-corrected chi connectivity index (χ2v) is 4.18. The molecule has 19 heavy (non-hydrogen) atoms. The number of nitrogens with zero attached hydrogens (tertiary/aromatic N) is 3. The van der Waals surface area contributed by atoms with Crippen LogP contribution < -0.4 is 5.32 Å². The highest BCUT2D eigenvalue weighted by Gasteiger charge is 2.02. The van der Waals surface area contributed by atoms with Crippen molar-refractivity contribution in [2.24, 2.45) is 0 Å². The lowest BCUT2D eigenvalue weighted by Gasteiger charge is -2.02. The molecule has 0 aliphatic rings.